The first-order valence-corrected chi connectivity index (χ1v) is 9.02. The first-order valence-electron chi connectivity index (χ1n) is 8.14. The molecule has 1 atom stereocenters. The lowest BCUT2D eigenvalue weighted by molar-refractivity contribution is 0.0630. The number of likely N-dealkylation sites (tertiary alicyclic amines) is 1. The molecule has 1 N–H and O–H groups in total. The minimum atomic E-state index is 0.0252. The monoisotopic (exact) mass is 345 g/mol. The van der Waals surface area contributed by atoms with Gasteiger partial charge in [0.1, 0.15) is 5.69 Å². The fourth-order valence-corrected chi connectivity index (χ4v) is 3.78. The SMILES string of the molecule is CC1CCCCN1C(=O)c1csc(Nc2ccc3c(c2)OCO3)n1. The molecule has 2 aliphatic heterocycles. The number of rotatable bonds is 3. The molecule has 0 saturated carbocycles. The van der Waals surface area contributed by atoms with Gasteiger partial charge in [-0.1, -0.05) is 0 Å². The molecule has 7 heteroatoms. The average Bonchev–Trinajstić information content (AvgIpc) is 3.23. The molecule has 0 spiro atoms. The number of hydrogen-bond acceptors (Lipinski definition) is 6. The predicted molar refractivity (Wildman–Crippen MR) is 92.3 cm³/mol. The van der Waals surface area contributed by atoms with E-state index in [9.17, 15) is 4.79 Å². The van der Waals surface area contributed by atoms with Crippen molar-refractivity contribution in [2.75, 3.05) is 18.7 Å². The van der Waals surface area contributed by atoms with E-state index in [1.165, 1.54) is 17.8 Å². The zero-order chi connectivity index (χ0) is 16.5. The summed E-state index contributed by atoms with van der Waals surface area (Å²) in [5.41, 5.74) is 1.37. The minimum Gasteiger partial charge on any atom is -0.454 e. The molecule has 0 bridgehead atoms. The second kappa shape index (κ2) is 6.32. The van der Waals surface area contributed by atoms with Crippen LogP contribution in [0.1, 0.15) is 36.7 Å². The number of anilines is 2. The van der Waals surface area contributed by atoms with Crippen LogP contribution in [0.2, 0.25) is 0 Å². The van der Waals surface area contributed by atoms with Crippen LogP contribution < -0.4 is 14.8 Å². The summed E-state index contributed by atoms with van der Waals surface area (Å²) in [4.78, 5) is 19.0. The van der Waals surface area contributed by atoms with Crippen LogP contribution in [0.15, 0.2) is 23.6 Å². The van der Waals surface area contributed by atoms with Crippen molar-refractivity contribution in [2.24, 2.45) is 0 Å². The number of ether oxygens (including phenoxy) is 2. The molecule has 2 aliphatic rings. The van der Waals surface area contributed by atoms with E-state index in [0.29, 0.717) is 16.9 Å². The third-order valence-corrected chi connectivity index (χ3v) is 5.17. The topological polar surface area (TPSA) is 63.7 Å². The lowest BCUT2D eigenvalue weighted by Gasteiger charge is -2.32. The van der Waals surface area contributed by atoms with E-state index in [4.69, 9.17) is 9.47 Å². The van der Waals surface area contributed by atoms with Crippen LogP contribution in [-0.4, -0.2) is 35.2 Å². The van der Waals surface area contributed by atoms with Gasteiger partial charge in [-0.2, -0.15) is 0 Å². The van der Waals surface area contributed by atoms with E-state index in [0.717, 1.165) is 36.6 Å². The maximum Gasteiger partial charge on any atom is 0.273 e. The fraction of sp³-hybridized carbons (Fsp3) is 0.412. The van der Waals surface area contributed by atoms with Crippen molar-refractivity contribution >= 4 is 28.1 Å². The number of amides is 1. The van der Waals surface area contributed by atoms with Gasteiger partial charge in [0.05, 0.1) is 0 Å². The highest BCUT2D eigenvalue weighted by Crippen LogP contribution is 2.35. The summed E-state index contributed by atoms with van der Waals surface area (Å²) in [6.07, 6.45) is 3.33. The predicted octanol–water partition coefficient (Wildman–Crippen LogP) is 3.63. The Morgan fingerprint density at radius 2 is 2.21 bits per heavy atom. The van der Waals surface area contributed by atoms with E-state index in [-0.39, 0.29) is 12.7 Å². The Bertz CT molecular complexity index is 761. The summed E-state index contributed by atoms with van der Waals surface area (Å²) in [6.45, 7) is 3.18. The highest BCUT2D eigenvalue weighted by atomic mass is 32.1. The summed E-state index contributed by atoms with van der Waals surface area (Å²) in [5.74, 6) is 1.49. The van der Waals surface area contributed by atoms with Gasteiger partial charge in [-0.05, 0) is 38.3 Å². The molecule has 1 saturated heterocycles. The van der Waals surface area contributed by atoms with Gasteiger partial charge >= 0.3 is 0 Å². The van der Waals surface area contributed by atoms with Gasteiger partial charge in [0.25, 0.3) is 5.91 Å². The standard InChI is InChI=1S/C17H19N3O3S/c1-11-4-2-3-7-20(11)16(21)13-9-24-17(19-13)18-12-5-6-14-15(8-12)23-10-22-14/h5-6,8-9,11H,2-4,7,10H2,1H3,(H,18,19). The number of nitrogens with one attached hydrogen (secondary N) is 1. The molecule has 1 amide bonds. The van der Waals surface area contributed by atoms with Crippen molar-refractivity contribution in [1.82, 2.24) is 9.88 Å². The first-order chi connectivity index (χ1) is 11.7. The maximum atomic E-state index is 12.6. The van der Waals surface area contributed by atoms with Crippen LogP contribution in [0.25, 0.3) is 0 Å². The van der Waals surface area contributed by atoms with Crippen LogP contribution in [0.3, 0.4) is 0 Å². The van der Waals surface area contributed by atoms with Gasteiger partial charge in [0.2, 0.25) is 6.79 Å². The van der Waals surface area contributed by atoms with Crippen molar-refractivity contribution < 1.29 is 14.3 Å². The second-order valence-corrected chi connectivity index (χ2v) is 6.93. The number of thiazole rings is 1. The molecule has 2 aromatic rings. The van der Waals surface area contributed by atoms with Crippen molar-refractivity contribution in [3.8, 4) is 11.5 Å². The number of carbonyl (C=O) groups is 1. The summed E-state index contributed by atoms with van der Waals surface area (Å²) in [5, 5.41) is 5.74. The molecular formula is C17H19N3O3S. The molecule has 24 heavy (non-hydrogen) atoms. The van der Waals surface area contributed by atoms with Gasteiger partial charge in [0, 0.05) is 29.7 Å². The molecule has 1 aromatic heterocycles. The van der Waals surface area contributed by atoms with Gasteiger partial charge in [0.15, 0.2) is 16.6 Å². The number of nitrogens with zero attached hydrogens (tertiary/aromatic N) is 2. The lowest BCUT2D eigenvalue weighted by atomic mass is 10.0. The molecule has 1 unspecified atom stereocenters. The Kier molecular flexibility index (Phi) is 4.02. The van der Waals surface area contributed by atoms with Crippen LogP contribution in [0.5, 0.6) is 11.5 Å². The van der Waals surface area contributed by atoms with Crippen molar-refractivity contribution in [2.45, 2.75) is 32.2 Å². The number of aromatic nitrogens is 1. The summed E-state index contributed by atoms with van der Waals surface area (Å²) >= 11 is 1.43. The Hall–Kier alpha value is -2.28. The molecule has 4 rings (SSSR count). The van der Waals surface area contributed by atoms with E-state index < -0.39 is 0 Å². The van der Waals surface area contributed by atoms with Gasteiger partial charge < -0.3 is 19.7 Å². The first kappa shape index (κ1) is 15.3. The normalized spacial score (nSPS) is 19.4. The quantitative estimate of drug-likeness (QED) is 0.920. The fourth-order valence-electron chi connectivity index (χ4n) is 3.07. The Morgan fingerprint density at radius 1 is 1.33 bits per heavy atom. The third-order valence-electron chi connectivity index (χ3n) is 4.41. The van der Waals surface area contributed by atoms with Gasteiger partial charge in [-0.3, -0.25) is 4.79 Å². The van der Waals surface area contributed by atoms with Crippen LogP contribution in [0.4, 0.5) is 10.8 Å². The zero-order valence-corrected chi connectivity index (χ0v) is 14.3. The Morgan fingerprint density at radius 3 is 3.08 bits per heavy atom. The maximum absolute atomic E-state index is 12.6. The van der Waals surface area contributed by atoms with E-state index in [1.54, 1.807) is 0 Å². The third kappa shape index (κ3) is 2.91. The van der Waals surface area contributed by atoms with E-state index in [1.807, 2.05) is 28.5 Å². The summed E-state index contributed by atoms with van der Waals surface area (Å²) < 4.78 is 10.7. The average molecular weight is 345 g/mol. The Balaban J connectivity index is 1.47. The largest absolute Gasteiger partial charge is 0.454 e. The van der Waals surface area contributed by atoms with Gasteiger partial charge in [-0.15, -0.1) is 11.3 Å². The highest BCUT2D eigenvalue weighted by molar-refractivity contribution is 7.14. The van der Waals surface area contributed by atoms with Crippen LogP contribution >= 0.6 is 11.3 Å². The zero-order valence-electron chi connectivity index (χ0n) is 13.4. The van der Waals surface area contributed by atoms with E-state index >= 15 is 0 Å². The molecule has 3 heterocycles. The molecule has 126 valence electrons. The summed E-state index contributed by atoms with van der Waals surface area (Å²) in [7, 11) is 0. The van der Waals surface area contributed by atoms with Crippen LogP contribution in [-0.2, 0) is 0 Å². The minimum absolute atomic E-state index is 0.0252. The lowest BCUT2D eigenvalue weighted by Crippen LogP contribution is -2.42. The number of hydrogen-bond donors (Lipinski definition) is 1. The van der Waals surface area contributed by atoms with Crippen LogP contribution in [0, 0.1) is 0 Å². The number of carbonyl (C=O) groups excluding carboxylic acids is 1. The molecule has 6 nitrogen and oxygen atoms in total. The smallest absolute Gasteiger partial charge is 0.273 e. The molecule has 0 aliphatic carbocycles. The summed E-state index contributed by atoms with van der Waals surface area (Å²) in [6, 6.07) is 5.93. The highest BCUT2D eigenvalue weighted by Gasteiger charge is 2.26. The van der Waals surface area contributed by atoms with Crippen molar-refractivity contribution in [3.05, 3.63) is 29.3 Å². The molecule has 1 fully saturated rings. The van der Waals surface area contributed by atoms with Crippen molar-refractivity contribution in [3.63, 3.8) is 0 Å². The van der Waals surface area contributed by atoms with Crippen molar-refractivity contribution in [1.29, 1.82) is 0 Å². The van der Waals surface area contributed by atoms with E-state index in [2.05, 4.69) is 17.2 Å². The Labute approximate surface area is 144 Å². The van der Waals surface area contributed by atoms with Gasteiger partial charge in [-0.25, -0.2) is 4.98 Å². The second-order valence-electron chi connectivity index (χ2n) is 6.07. The molecular weight excluding hydrogens is 326 g/mol. The molecule has 1 aromatic carbocycles. The number of benzene rings is 1. The molecule has 0 radical (unpaired) electrons. The number of piperidine rings is 1. The number of fused-ring (bicyclic) bond motifs is 1.